The Morgan fingerprint density at radius 3 is 2.58 bits per heavy atom. The van der Waals surface area contributed by atoms with Crippen molar-refractivity contribution >= 4 is 11.6 Å². The number of pyridine rings is 2. The lowest BCUT2D eigenvalue weighted by Crippen LogP contribution is -2.04. The quantitative estimate of drug-likeness (QED) is 0.386. The summed E-state index contributed by atoms with van der Waals surface area (Å²) < 4.78 is 24.7. The van der Waals surface area contributed by atoms with Gasteiger partial charge in [0.1, 0.15) is 34.3 Å². The Morgan fingerprint density at radius 2 is 1.90 bits per heavy atom. The van der Waals surface area contributed by atoms with Crippen LogP contribution in [0.15, 0.2) is 54.9 Å². The predicted octanol–water partition coefficient (Wildman–Crippen LogP) is 5.78. The molecule has 0 bridgehead atoms. The van der Waals surface area contributed by atoms with E-state index in [1.807, 2.05) is 38.1 Å². The lowest BCUT2D eigenvalue weighted by atomic mass is 10.1. The Kier molecular flexibility index (Phi) is 5.86. The molecule has 0 aliphatic carbocycles. The number of hydrogen-bond acceptors (Lipinski definition) is 5. The largest absolute Gasteiger partial charge is 0.496 e. The van der Waals surface area contributed by atoms with E-state index in [0.29, 0.717) is 39.3 Å². The molecule has 31 heavy (non-hydrogen) atoms. The van der Waals surface area contributed by atoms with Crippen LogP contribution in [0.2, 0.25) is 5.15 Å². The molecule has 0 radical (unpaired) electrons. The Labute approximate surface area is 184 Å². The van der Waals surface area contributed by atoms with Gasteiger partial charge in [0.25, 0.3) is 0 Å². The van der Waals surface area contributed by atoms with Crippen LogP contribution in [0.25, 0.3) is 22.6 Å². The molecule has 1 N–H and O–H groups in total. The summed E-state index contributed by atoms with van der Waals surface area (Å²) >= 11 is 6.40. The maximum absolute atomic E-state index is 13.1. The third kappa shape index (κ3) is 4.51. The van der Waals surface area contributed by atoms with E-state index < -0.39 is 5.95 Å². The first-order chi connectivity index (χ1) is 14.9. The molecule has 0 aliphatic heterocycles. The highest BCUT2D eigenvalue weighted by Crippen LogP contribution is 2.38. The molecule has 1 atom stereocenters. The van der Waals surface area contributed by atoms with Gasteiger partial charge in [0, 0.05) is 40.8 Å². The van der Waals surface area contributed by atoms with Gasteiger partial charge in [-0.05, 0) is 44.2 Å². The van der Waals surface area contributed by atoms with Gasteiger partial charge in [-0.2, -0.15) is 4.39 Å². The van der Waals surface area contributed by atoms with Crippen LogP contribution in [0.1, 0.15) is 24.3 Å². The van der Waals surface area contributed by atoms with E-state index >= 15 is 0 Å². The van der Waals surface area contributed by atoms with Crippen molar-refractivity contribution < 1.29 is 13.9 Å². The lowest BCUT2D eigenvalue weighted by Gasteiger charge is -2.16. The fourth-order valence-electron chi connectivity index (χ4n) is 3.12. The first-order valence-electron chi connectivity index (χ1n) is 9.59. The zero-order chi connectivity index (χ0) is 22.0. The number of imidazole rings is 1. The Bertz CT molecular complexity index is 1190. The number of methoxy groups -OCH3 is 1. The number of aryl methyl sites for hydroxylation is 1. The second kappa shape index (κ2) is 8.73. The molecular weight excluding hydrogens is 419 g/mol. The van der Waals surface area contributed by atoms with E-state index in [0.717, 1.165) is 11.3 Å². The number of ether oxygens (including phenoxy) is 2. The summed E-state index contributed by atoms with van der Waals surface area (Å²) in [4.78, 5) is 15.5. The van der Waals surface area contributed by atoms with Crippen molar-refractivity contribution in [2.75, 3.05) is 7.11 Å². The van der Waals surface area contributed by atoms with Crippen molar-refractivity contribution in [2.24, 2.45) is 0 Å². The number of nitrogens with one attached hydrogen (secondary N) is 1. The van der Waals surface area contributed by atoms with Gasteiger partial charge in [-0.1, -0.05) is 17.7 Å². The molecule has 4 aromatic rings. The van der Waals surface area contributed by atoms with Crippen molar-refractivity contribution in [1.82, 2.24) is 19.9 Å². The summed E-state index contributed by atoms with van der Waals surface area (Å²) in [5, 5.41) is 0.338. The summed E-state index contributed by atoms with van der Waals surface area (Å²) in [6.45, 7) is 3.90. The van der Waals surface area contributed by atoms with Gasteiger partial charge in [0.15, 0.2) is 0 Å². The predicted molar refractivity (Wildman–Crippen MR) is 117 cm³/mol. The van der Waals surface area contributed by atoms with Crippen LogP contribution in [0, 0.1) is 12.9 Å². The lowest BCUT2D eigenvalue weighted by molar-refractivity contribution is 0.225. The number of aromatic amines is 1. The van der Waals surface area contributed by atoms with E-state index in [9.17, 15) is 4.39 Å². The molecule has 4 rings (SSSR count). The number of rotatable bonds is 6. The zero-order valence-electron chi connectivity index (χ0n) is 17.2. The van der Waals surface area contributed by atoms with E-state index in [4.69, 9.17) is 21.1 Å². The SMILES string of the molecule is COc1cc(OC(C)c2ccc(C)nc2)ccc1-c1nc(-c2ccc(F)nc2)[nH]c1Cl. The zero-order valence-corrected chi connectivity index (χ0v) is 17.9. The van der Waals surface area contributed by atoms with Crippen LogP contribution in [0.5, 0.6) is 11.5 Å². The summed E-state index contributed by atoms with van der Waals surface area (Å²) in [6, 6.07) is 12.3. The molecule has 3 aromatic heterocycles. The Morgan fingerprint density at radius 1 is 1.06 bits per heavy atom. The van der Waals surface area contributed by atoms with Crippen molar-refractivity contribution in [2.45, 2.75) is 20.0 Å². The maximum atomic E-state index is 13.1. The summed E-state index contributed by atoms with van der Waals surface area (Å²) in [5.41, 5.74) is 3.76. The number of H-pyrrole nitrogens is 1. The van der Waals surface area contributed by atoms with Gasteiger partial charge < -0.3 is 14.5 Å². The first kappa shape index (κ1) is 20.8. The minimum Gasteiger partial charge on any atom is -0.496 e. The third-order valence-electron chi connectivity index (χ3n) is 4.81. The van der Waals surface area contributed by atoms with Crippen LogP contribution < -0.4 is 9.47 Å². The van der Waals surface area contributed by atoms with Crippen molar-refractivity contribution in [3.05, 3.63) is 77.2 Å². The standard InChI is InChI=1S/C23H20ClFN4O2/c1-13-4-5-15(11-26-13)14(2)31-17-7-8-18(19(10-17)30-3)21-22(24)29-23(28-21)16-6-9-20(25)27-12-16/h4-12,14H,1-3H3,(H,28,29). The van der Waals surface area contributed by atoms with Gasteiger partial charge in [0.2, 0.25) is 5.95 Å². The van der Waals surface area contributed by atoms with Crippen LogP contribution >= 0.6 is 11.6 Å². The molecule has 0 saturated heterocycles. The highest BCUT2D eigenvalue weighted by atomic mass is 35.5. The molecular formula is C23H20ClFN4O2. The second-order valence-electron chi connectivity index (χ2n) is 6.97. The fraction of sp³-hybridized carbons (Fsp3) is 0.174. The van der Waals surface area contributed by atoms with Gasteiger partial charge in [-0.3, -0.25) is 4.98 Å². The first-order valence-corrected chi connectivity index (χ1v) is 9.97. The minimum absolute atomic E-state index is 0.185. The van der Waals surface area contributed by atoms with Gasteiger partial charge in [-0.25, -0.2) is 9.97 Å². The van der Waals surface area contributed by atoms with Crippen molar-refractivity contribution in [1.29, 1.82) is 0 Å². The van der Waals surface area contributed by atoms with E-state index in [1.54, 1.807) is 25.4 Å². The number of hydrogen-bond donors (Lipinski definition) is 1. The molecule has 0 fully saturated rings. The van der Waals surface area contributed by atoms with Crippen LogP contribution in [-0.4, -0.2) is 27.0 Å². The van der Waals surface area contributed by atoms with E-state index in [-0.39, 0.29) is 6.10 Å². The van der Waals surface area contributed by atoms with E-state index in [1.165, 1.54) is 12.3 Å². The van der Waals surface area contributed by atoms with Crippen LogP contribution in [-0.2, 0) is 0 Å². The molecule has 0 spiro atoms. The summed E-state index contributed by atoms with van der Waals surface area (Å²) in [7, 11) is 1.57. The number of benzene rings is 1. The van der Waals surface area contributed by atoms with Crippen LogP contribution in [0.3, 0.4) is 0 Å². The molecule has 0 aliphatic rings. The maximum Gasteiger partial charge on any atom is 0.212 e. The number of aromatic nitrogens is 4. The molecule has 3 heterocycles. The Balaban J connectivity index is 1.61. The molecule has 6 nitrogen and oxygen atoms in total. The average Bonchev–Trinajstić information content (AvgIpc) is 3.16. The minimum atomic E-state index is -0.561. The highest BCUT2D eigenvalue weighted by Gasteiger charge is 2.18. The van der Waals surface area contributed by atoms with Gasteiger partial charge in [-0.15, -0.1) is 0 Å². The molecule has 1 aromatic carbocycles. The smallest absolute Gasteiger partial charge is 0.212 e. The van der Waals surface area contributed by atoms with E-state index in [2.05, 4.69) is 19.9 Å². The summed E-state index contributed by atoms with van der Waals surface area (Å²) in [6.07, 6.45) is 3.01. The average molecular weight is 439 g/mol. The van der Waals surface area contributed by atoms with Gasteiger partial charge >= 0.3 is 0 Å². The van der Waals surface area contributed by atoms with Crippen molar-refractivity contribution in [3.8, 4) is 34.1 Å². The fourth-order valence-corrected chi connectivity index (χ4v) is 3.35. The topological polar surface area (TPSA) is 72.9 Å². The molecule has 0 amide bonds. The Hall–Kier alpha value is -3.45. The molecule has 0 saturated carbocycles. The highest BCUT2D eigenvalue weighted by molar-refractivity contribution is 6.32. The number of halogens is 2. The second-order valence-corrected chi connectivity index (χ2v) is 7.35. The number of nitrogens with zero attached hydrogens (tertiary/aromatic N) is 3. The molecule has 158 valence electrons. The molecule has 8 heteroatoms. The van der Waals surface area contributed by atoms with Gasteiger partial charge in [0.05, 0.1) is 7.11 Å². The normalized spacial score (nSPS) is 11.9. The monoisotopic (exact) mass is 438 g/mol. The third-order valence-corrected chi connectivity index (χ3v) is 5.08. The molecule has 1 unspecified atom stereocenters. The summed E-state index contributed by atoms with van der Waals surface area (Å²) in [5.74, 6) is 1.12. The van der Waals surface area contributed by atoms with Crippen LogP contribution in [0.4, 0.5) is 4.39 Å². The van der Waals surface area contributed by atoms with Crippen molar-refractivity contribution in [3.63, 3.8) is 0 Å².